The zero-order valence-electron chi connectivity index (χ0n) is 8.47. The van der Waals surface area contributed by atoms with Gasteiger partial charge in [-0.2, -0.15) is 0 Å². The summed E-state index contributed by atoms with van der Waals surface area (Å²) in [5, 5.41) is 0. The fraction of sp³-hybridized carbons (Fsp3) is 0.800. The maximum atomic E-state index is 10.8. The van der Waals surface area contributed by atoms with Gasteiger partial charge in [-0.3, -0.25) is 9.59 Å². The van der Waals surface area contributed by atoms with Crippen molar-refractivity contribution < 1.29 is 14.3 Å². The van der Waals surface area contributed by atoms with Crippen molar-refractivity contribution in [2.45, 2.75) is 39.5 Å². The van der Waals surface area contributed by atoms with Crippen LogP contribution in [-0.4, -0.2) is 24.8 Å². The first-order valence-corrected chi connectivity index (χ1v) is 4.81. The number of carbonyl (C=O) groups is 2. The van der Waals surface area contributed by atoms with Crippen LogP contribution in [0.1, 0.15) is 39.5 Å². The van der Waals surface area contributed by atoms with Gasteiger partial charge in [0.15, 0.2) is 0 Å². The monoisotopic (exact) mass is 186 g/mol. The standard InChI is InChI=1S/C10H18O3/c1-3-9(11)5-7-13-8-6-10(12)4-2/h3-8H2,1-2H3. The van der Waals surface area contributed by atoms with Crippen LogP contribution in [0.25, 0.3) is 0 Å². The Bertz CT molecular complexity index is 146. The summed E-state index contributed by atoms with van der Waals surface area (Å²) in [5.74, 6) is 0.420. The molecule has 0 aromatic carbocycles. The molecule has 0 unspecified atom stereocenters. The van der Waals surface area contributed by atoms with E-state index in [0.29, 0.717) is 38.9 Å². The first-order valence-electron chi connectivity index (χ1n) is 4.81. The van der Waals surface area contributed by atoms with E-state index in [1.807, 2.05) is 13.8 Å². The molecular weight excluding hydrogens is 168 g/mol. The summed E-state index contributed by atoms with van der Waals surface area (Å²) in [4.78, 5) is 21.6. The summed E-state index contributed by atoms with van der Waals surface area (Å²) in [7, 11) is 0. The lowest BCUT2D eigenvalue weighted by Crippen LogP contribution is -2.06. The van der Waals surface area contributed by atoms with Gasteiger partial charge in [0.05, 0.1) is 13.2 Å². The van der Waals surface area contributed by atoms with E-state index in [-0.39, 0.29) is 11.6 Å². The van der Waals surface area contributed by atoms with Crippen LogP contribution in [0.4, 0.5) is 0 Å². The van der Waals surface area contributed by atoms with E-state index in [1.54, 1.807) is 0 Å². The second-order valence-corrected chi connectivity index (χ2v) is 2.90. The van der Waals surface area contributed by atoms with Crippen LogP contribution < -0.4 is 0 Å². The Morgan fingerprint density at radius 2 is 1.31 bits per heavy atom. The number of hydrogen-bond acceptors (Lipinski definition) is 3. The lowest BCUT2D eigenvalue weighted by molar-refractivity contribution is -0.120. The third-order valence-electron chi connectivity index (χ3n) is 1.84. The summed E-state index contributed by atoms with van der Waals surface area (Å²) >= 11 is 0. The number of ether oxygens (including phenoxy) is 1. The van der Waals surface area contributed by atoms with E-state index < -0.39 is 0 Å². The third kappa shape index (κ3) is 7.65. The van der Waals surface area contributed by atoms with Gasteiger partial charge in [-0.1, -0.05) is 13.8 Å². The van der Waals surface area contributed by atoms with Gasteiger partial charge in [-0.05, 0) is 0 Å². The topological polar surface area (TPSA) is 43.4 Å². The molecule has 0 atom stereocenters. The molecule has 0 spiro atoms. The molecule has 0 saturated heterocycles. The normalized spacial score (nSPS) is 10.0. The van der Waals surface area contributed by atoms with Crippen LogP contribution in [0, 0.1) is 0 Å². The van der Waals surface area contributed by atoms with Crippen molar-refractivity contribution in [1.29, 1.82) is 0 Å². The predicted octanol–water partition coefficient (Wildman–Crippen LogP) is 1.74. The summed E-state index contributed by atoms with van der Waals surface area (Å²) in [6.45, 7) is 4.57. The maximum absolute atomic E-state index is 10.8. The Balaban J connectivity index is 3.17. The van der Waals surface area contributed by atoms with E-state index in [1.165, 1.54) is 0 Å². The highest BCUT2D eigenvalue weighted by molar-refractivity contribution is 5.78. The molecule has 0 aliphatic rings. The lowest BCUT2D eigenvalue weighted by atomic mass is 10.2. The van der Waals surface area contributed by atoms with Gasteiger partial charge in [0.25, 0.3) is 0 Å². The van der Waals surface area contributed by atoms with E-state index >= 15 is 0 Å². The van der Waals surface area contributed by atoms with Crippen molar-refractivity contribution in [3.05, 3.63) is 0 Å². The molecular formula is C10H18O3. The SMILES string of the molecule is CCC(=O)CCOCCC(=O)CC. The van der Waals surface area contributed by atoms with Gasteiger partial charge in [-0.15, -0.1) is 0 Å². The van der Waals surface area contributed by atoms with Crippen LogP contribution in [-0.2, 0) is 14.3 Å². The maximum Gasteiger partial charge on any atom is 0.134 e. The minimum absolute atomic E-state index is 0.210. The number of rotatable bonds is 8. The Morgan fingerprint density at radius 1 is 0.923 bits per heavy atom. The number of Topliss-reactive ketones (excluding diaryl/α,β-unsaturated/α-hetero) is 2. The molecule has 0 aromatic heterocycles. The molecule has 0 saturated carbocycles. The van der Waals surface area contributed by atoms with Crippen molar-refractivity contribution >= 4 is 11.6 Å². The molecule has 13 heavy (non-hydrogen) atoms. The van der Waals surface area contributed by atoms with Crippen LogP contribution in [0.5, 0.6) is 0 Å². The highest BCUT2D eigenvalue weighted by Crippen LogP contribution is 1.93. The Labute approximate surface area is 79.5 Å². The largest absolute Gasteiger partial charge is 0.381 e. The first-order chi connectivity index (χ1) is 6.20. The predicted molar refractivity (Wildman–Crippen MR) is 50.6 cm³/mol. The second-order valence-electron chi connectivity index (χ2n) is 2.90. The quantitative estimate of drug-likeness (QED) is 0.542. The van der Waals surface area contributed by atoms with Gasteiger partial charge < -0.3 is 4.74 Å². The fourth-order valence-electron chi connectivity index (χ4n) is 0.828. The molecule has 0 radical (unpaired) electrons. The molecule has 0 aromatic rings. The molecule has 0 rings (SSSR count). The van der Waals surface area contributed by atoms with Gasteiger partial charge in [-0.25, -0.2) is 0 Å². The van der Waals surface area contributed by atoms with Crippen LogP contribution in [0.2, 0.25) is 0 Å². The Morgan fingerprint density at radius 3 is 1.62 bits per heavy atom. The van der Waals surface area contributed by atoms with E-state index in [2.05, 4.69) is 0 Å². The van der Waals surface area contributed by atoms with Crippen LogP contribution in [0.3, 0.4) is 0 Å². The average molecular weight is 186 g/mol. The zero-order valence-corrected chi connectivity index (χ0v) is 8.47. The molecule has 0 aliphatic carbocycles. The Kier molecular flexibility index (Phi) is 7.50. The molecule has 0 fully saturated rings. The minimum atomic E-state index is 0.210. The highest BCUT2D eigenvalue weighted by atomic mass is 16.5. The van der Waals surface area contributed by atoms with E-state index in [0.717, 1.165) is 0 Å². The van der Waals surface area contributed by atoms with E-state index in [9.17, 15) is 9.59 Å². The summed E-state index contributed by atoms with van der Waals surface area (Å²) in [6, 6.07) is 0. The van der Waals surface area contributed by atoms with Crippen molar-refractivity contribution in [2.75, 3.05) is 13.2 Å². The number of carbonyl (C=O) groups excluding carboxylic acids is 2. The van der Waals surface area contributed by atoms with Crippen molar-refractivity contribution in [3.8, 4) is 0 Å². The molecule has 76 valence electrons. The van der Waals surface area contributed by atoms with Crippen molar-refractivity contribution in [2.24, 2.45) is 0 Å². The molecule has 0 N–H and O–H groups in total. The Hall–Kier alpha value is -0.700. The third-order valence-corrected chi connectivity index (χ3v) is 1.84. The van der Waals surface area contributed by atoms with Gasteiger partial charge in [0.2, 0.25) is 0 Å². The molecule has 3 heteroatoms. The zero-order chi connectivity index (χ0) is 10.1. The lowest BCUT2D eigenvalue weighted by Gasteiger charge is -2.01. The summed E-state index contributed by atoms with van der Waals surface area (Å²) in [6.07, 6.45) is 2.07. The smallest absolute Gasteiger partial charge is 0.134 e. The highest BCUT2D eigenvalue weighted by Gasteiger charge is 1.99. The second kappa shape index (κ2) is 7.92. The fourth-order valence-corrected chi connectivity index (χ4v) is 0.828. The number of ketones is 2. The molecule has 3 nitrogen and oxygen atoms in total. The molecule has 0 heterocycles. The summed E-state index contributed by atoms with van der Waals surface area (Å²) in [5.41, 5.74) is 0. The van der Waals surface area contributed by atoms with Gasteiger partial charge in [0.1, 0.15) is 11.6 Å². The average Bonchev–Trinajstić information content (AvgIpc) is 2.16. The van der Waals surface area contributed by atoms with E-state index in [4.69, 9.17) is 4.74 Å². The molecule has 0 bridgehead atoms. The first kappa shape index (κ1) is 12.3. The molecule has 0 amide bonds. The van der Waals surface area contributed by atoms with Crippen molar-refractivity contribution in [3.63, 3.8) is 0 Å². The van der Waals surface area contributed by atoms with Crippen LogP contribution in [0.15, 0.2) is 0 Å². The summed E-state index contributed by atoms with van der Waals surface area (Å²) < 4.78 is 5.14. The number of hydrogen-bond donors (Lipinski definition) is 0. The van der Waals surface area contributed by atoms with Crippen molar-refractivity contribution in [1.82, 2.24) is 0 Å². The van der Waals surface area contributed by atoms with Gasteiger partial charge >= 0.3 is 0 Å². The van der Waals surface area contributed by atoms with Gasteiger partial charge in [0, 0.05) is 25.7 Å². The minimum Gasteiger partial charge on any atom is -0.381 e. The van der Waals surface area contributed by atoms with Crippen LogP contribution >= 0.6 is 0 Å². The molecule has 0 aliphatic heterocycles.